The van der Waals surface area contributed by atoms with Crippen molar-refractivity contribution in [3.05, 3.63) is 336 Å². The minimum Gasteiger partial charge on any atom is -0.309 e. The van der Waals surface area contributed by atoms with E-state index >= 15 is 0 Å². The van der Waals surface area contributed by atoms with Crippen molar-refractivity contribution in [2.75, 3.05) is 0 Å². The van der Waals surface area contributed by atoms with Gasteiger partial charge in [-0.1, -0.05) is 270 Å². The highest BCUT2D eigenvalue weighted by Gasteiger charge is 2.38. The van der Waals surface area contributed by atoms with E-state index in [1.807, 2.05) is 0 Å². The lowest BCUT2D eigenvalue weighted by atomic mass is 9.80. The highest BCUT2D eigenvalue weighted by atomic mass is 15.0. The van der Waals surface area contributed by atoms with Crippen molar-refractivity contribution in [3.63, 3.8) is 0 Å². The molecule has 14 aromatic carbocycles. The summed E-state index contributed by atoms with van der Waals surface area (Å²) in [6.07, 6.45) is 9.04. The molecule has 0 fully saturated rings. The molecule has 2 heterocycles. The average molecular weight is 1170 g/mol. The zero-order valence-corrected chi connectivity index (χ0v) is 51.9. The maximum absolute atomic E-state index is 2.46. The van der Waals surface area contributed by atoms with E-state index in [1.54, 1.807) is 0 Å². The summed E-state index contributed by atoms with van der Waals surface area (Å²) in [6, 6.07) is 109. The monoisotopic (exact) mass is 1170 g/mol. The van der Waals surface area contributed by atoms with E-state index in [-0.39, 0.29) is 10.8 Å². The fourth-order valence-electron chi connectivity index (χ4n) is 15.5. The fourth-order valence-corrected chi connectivity index (χ4v) is 15.5. The summed E-state index contributed by atoms with van der Waals surface area (Å²) in [7, 11) is 0. The van der Waals surface area contributed by atoms with Crippen molar-refractivity contribution < 1.29 is 0 Å². The van der Waals surface area contributed by atoms with Gasteiger partial charge >= 0.3 is 0 Å². The summed E-state index contributed by atoms with van der Waals surface area (Å²) in [5.41, 5.74) is 29.8. The smallest absolute Gasteiger partial charge is 0.0541 e. The summed E-state index contributed by atoms with van der Waals surface area (Å²) >= 11 is 0. The quantitative estimate of drug-likeness (QED) is 0.128. The van der Waals surface area contributed by atoms with Crippen LogP contribution in [0.3, 0.4) is 0 Å². The predicted molar refractivity (Wildman–Crippen MR) is 392 cm³/mol. The van der Waals surface area contributed by atoms with Crippen LogP contribution in [-0.4, -0.2) is 9.13 Å². The van der Waals surface area contributed by atoms with Gasteiger partial charge in [-0.3, -0.25) is 0 Å². The Bertz CT molecular complexity index is 5440. The fraction of sp³-hybridized carbons (Fsp3) is 0.0667. The first-order valence-electron chi connectivity index (χ1n) is 32.3. The Hall–Kier alpha value is -11.3. The Labute approximate surface area is 536 Å². The third-order valence-corrected chi connectivity index (χ3v) is 20.5. The number of fused-ring (bicyclic) bond motifs is 14. The van der Waals surface area contributed by atoms with E-state index in [0.29, 0.717) is 0 Å². The third kappa shape index (κ3) is 8.62. The molecular formula is C90H64N2. The zero-order valence-electron chi connectivity index (χ0n) is 51.9. The molecular weight excluding hydrogens is 1110 g/mol. The molecule has 0 atom stereocenters. The van der Waals surface area contributed by atoms with Crippen molar-refractivity contribution >= 4 is 89.5 Å². The molecule has 16 aromatic rings. The molecule has 18 rings (SSSR count). The molecule has 0 saturated heterocycles. The molecule has 0 radical (unpaired) electrons. The van der Waals surface area contributed by atoms with Gasteiger partial charge in [0.25, 0.3) is 0 Å². The number of hydrogen-bond acceptors (Lipinski definition) is 0. The normalized spacial score (nSPS) is 13.7. The standard InChI is InChI=1S/C90H64N2/c1-89(2)81-49-59(23-21-57-25-31-63(32-26-57)67-39-47-87-79(53-67)77-17-9-11-19-85(77)91(87)71-41-35-61-13-5-7-15-65(61)51-71)29-43-73(81)75-45-37-69(55-83(75)89)70-38-46-76-74-44-30-60(50-82(74)90(3,4)84(76)56-70)24-22-58-27-33-64(34-28-58)68-40-48-88-80(54-68)78-18-10-12-20-86(78)92(88)72-42-36-62-14-6-8-16-66(62)52-72/h5-56H,1-4H3/b23-21+,24-22+. The number of nitrogens with zero attached hydrogens (tertiary/aromatic N) is 2. The van der Waals surface area contributed by atoms with Gasteiger partial charge in [0.1, 0.15) is 0 Å². The van der Waals surface area contributed by atoms with Gasteiger partial charge in [0, 0.05) is 43.7 Å². The summed E-state index contributed by atoms with van der Waals surface area (Å²) in [5, 5.41) is 10.0. The number of hydrogen-bond donors (Lipinski definition) is 0. The molecule has 2 aliphatic carbocycles. The predicted octanol–water partition coefficient (Wildman–Crippen LogP) is 24.1. The highest BCUT2D eigenvalue weighted by molar-refractivity contribution is 6.12. The van der Waals surface area contributed by atoms with Gasteiger partial charge in [-0.2, -0.15) is 0 Å². The minimum absolute atomic E-state index is 0.161. The first-order valence-corrected chi connectivity index (χ1v) is 32.3. The van der Waals surface area contributed by atoms with E-state index in [4.69, 9.17) is 0 Å². The van der Waals surface area contributed by atoms with Gasteiger partial charge in [-0.15, -0.1) is 0 Å². The number of rotatable bonds is 9. The average Bonchev–Trinajstić information content (AvgIpc) is 1.60. The first kappa shape index (κ1) is 53.7. The van der Waals surface area contributed by atoms with Crippen LogP contribution in [0.2, 0.25) is 0 Å². The number of para-hydroxylation sites is 2. The van der Waals surface area contributed by atoms with Crippen LogP contribution in [0.25, 0.3) is 156 Å². The van der Waals surface area contributed by atoms with Gasteiger partial charge in [0.2, 0.25) is 0 Å². The maximum Gasteiger partial charge on any atom is 0.0541 e. The molecule has 0 unspecified atom stereocenters. The summed E-state index contributed by atoms with van der Waals surface area (Å²) in [6.45, 7) is 9.57. The molecule has 0 amide bonds. The molecule has 92 heavy (non-hydrogen) atoms. The topological polar surface area (TPSA) is 9.86 Å². The van der Waals surface area contributed by atoms with Crippen LogP contribution in [-0.2, 0) is 10.8 Å². The molecule has 434 valence electrons. The molecule has 2 heteroatoms. The Morgan fingerprint density at radius 2 is 0.543 bits per heavy atom. The van der Waals surface area contributed by atoms with E-state index in [9.17, 15) is 0 Å². The van der Waals surface area contributed by atoms with E-state index < -0.39 is 0 Å². The summed E-state index contributed by atoms with van der Waals surface area (Å²) < 4.78 is 4.81. The van der Waals surface area contributed by atoms with Crippen molar-refractivity contribution in [2.24, 2.45) is 0 Å². The second-order valence-corrected chi connectivity index (χ2v) is 26.5. The number of aromatic nitrogens is 2. The highest BCUT2D eigenvalue weighted by Crippen LogP contribution is 2.53. The molecule has 0 saturated carbocycles. The van der Waals surface area contributed by atoms with Crippen molar-refractivity contribution in [3.8, 4) is 67.0 Å². The third-order valence-electron chi connectivity index (χ3n) is 20.5. The van der Waals surface area contributed by atoms with Crippen LogP contribution in [0.5, 0.6) is 0 Å². The first-order chi connectivity index (χ1) is 45.1. The maximum atomic E-state index is 2.46. The lowest BCUT2D eigenvalue weighted by molar-refractivity contribution is 0.659. The Morgan fingerprint density at radius 1 is 0.228 bits per heavy atom. The van der Waals surface area contributed by atoms with Crippen LogP contribution in [0.1, 0.15) is 72.2 Å². The molecule has 0 bridgehead atoms. The molecule has 2 nitrogen and oxygen atoms in total. The summed E-state index contributed by atoms with van der Waals surface area (Å²) in [4.78, 5) is 0. The second-order valence-electron chi connectivity index (χ2n) is 26.5. The number of benzene rings is 14. The Morgan fingerprint density at radius 3 is 0.978 bits per heavy atom. The molecule has 0 N–H and O–H groups in total. The van der Waals surface area contributed by atoms with Gasteiger partial charge in [0.05, 0.1) is 22.1 Å². The molecule has 0 aliphatic heterocycles. The van der Waals surface area contributed by atoms with E-state index in [0.717, 1.165) is 0 Å². The van der Waals surface area contributed by atoms with Crippen LogP contribution in [0.4, 0.5) is 0 Å². The Balaban J connectivity index is 0.560. The van der Waals surface area contributed by atoms with Gasteiger partial charge in [-0.25, -0.2) is 0 Å². The lowest BCUT2D eigenvalue weighted by Gasteiger charge is -2.23. The van der Waals surface area contributed by atoms with Crippen LogP contribution in [0.15, 0.2) is 291 Å². The van der Waals surface area contributed by atoms with Gasteiger partial charge in [-0.05, 0) is 194 Å². The van der Waals surface area contributed by atoms with Crippen LogP contribution in [0, 0.1) is 0 Å². The SMILES string of the molecule is CC1(C)c2cc(/C=C/c3ccc(-c4ccc5c(c4)c4ccccc4n5-c4ccc5ccccc5c4)cc3)ccc2-c2ccc(-c3ccc4c(c3)C(C)(C)c3cc(/C=C/c5ccc(-c6ccc7c(c6)c6ccccc6n7-c6ccc7ccccc7c6)cc5)ccc3-4)cc21. The molecule has 2 aliphatic rings. The van der Waals surface area contributed by atoms with Crippen LogP contribution < -0.4 is 0 Å². The molecule has 2 aromatic heterocycles. The van der Waals surface area contributed by atoms with E-state index in [2.05, 4.69) is 352 Å². The van der Waals surface area contributed by atoms with Gasteiger partial charge in [0.15, 0.2) is 0 Å². The zero-order chi connectivity index (χ0) is 61.4. The van der Waals surface area contributed by atoms with Crippen molar-refractivity contribution in [1.82, 2.24) is 9.13 Å². The van der Waals surface area contributed by atoms with Crippen molar-refractivity contribution in [2.45, 2.75) is 38.5 Å². The summed E-state index contributed by atoms with van der Waals surface area (Å²) in [5.74, 6) is 0. The second kappa shape index (κ2) is 20.6. The largest absolute Gasteiger partial charge is 0.309 e. The Kier molecular flexibility index (Phi) is 12.0. The van der Waals surface area contributed by atoms with Crippen molar-refractivity contribution in [1.29, 1.82) is 0 Å². The molecule has 0 spiro atoms. The van der Waals surface area contributed by atoms with Crippen LogP contribution >= 0.6 is 0 Å². The lowest BCUT2D eigenvalue weighted by Crippen LogP contribution is -2.15. The van der Waals surface area contributed by atoms with Gasteiger partial charge < -0.3 is 9.13 Å². The minimum atomic E-state index is -0.161. The van der Waals surface area contributed by atoms with E-state index in [1.165, 1.54) is 177 Å².